The predicted octanol–water partition coefficient (Wildman–Crippen LogP) is 1.06. The van der Waals surface area contributed by atoms with Crippen molar-refractivity contribution in [2.75, 3.05) is 0 Å². The van der Waals surface area contributed by atoms with Gasteiger partial charge in [-0.05, 0) is 0 Å². The van der Waals surface area contributed by atoms with Gasteiger partial charge in [-0.25, -0.2) is 0 Å². The fraction of sp³-hybridized carbons (Fsp3) is 1.00. The van der Waals surface area contributed by atoms with Gasteiger partial charge in [-0.2, -0.15) is 0 Å². The number of hydrogen-bond donors (Lipinski definition) is 0. The van der Waals surface area contributed by atoms with Crippen LogP contribution in [-0.4, -0.2) is 10.5 Å². The summed E-state index contributed by atoms with van der Waals surface area (Å²) in [6.07, 6.45) is 0. The molecule has 0 saturated carbocycles. The van der Waals surface area contributed by atoms with Crippen LogP contribution in [0.4, 0.5) is 0 Å². The van der Waals surface area contributed by atoms with E-state index in [1.807, 2.05) is 0 Å². The minimum absolute atomic E-state index is 0.312. The summed E-state index contributed by atoms with van der Waals surface area (Å²) in [6.45, 7) is 4.69. The van der Waals surface area contributed by atoms with E-state index in [-0.39, 0.29) is 4.92 Å². The lowest BCUT2D eigenvalue weighted by Gasteiger charge is -2.05. The first-order chi connectivity index (χ1) is 2.94. The monoisotopic (exact) mass is 104 g/mol. The number of nitrogens with zero attached hydrogens (tertiary/aromatic N) is 1. The van der Waals surface area contributed by atoms with Crippen molar-refractivity contribution in [3.63, 3.8) is 0 Å². The molecule has 0 amide bonds. The molecule has 0 spiro atoms. The molecule has 0 aliphatic carbocycles. The Morgan fingerprint density at radius 1 is 1.43 bits per heavy atom. The maximum Gasteiger partial charge on any atom is 0.214 e. The molecule has 0 aromatic heterocycles. The fourth-order valence-electron chi connectivity index (χ4n) is 0. The molecule has 0 rings (SSSR count). The molecule has 3 heteroatoms. The number of hydrogen-bond acceptors (Lipinski definition) is 2. The van der Waals surface area contributed by atoms with E-state index in [4.69, 9.17) is 0 Å². The first kappa shape index (κ1) is 6.40. The van der Waals surface area contributed by atoms with Crippen molar-refractivity contribution >= 4 is 0 Å². The van der Waals surface area contributed by atoms with Gasteiger partial charge >= 0.3 is 0 Å². The average Bonchev–Trinajstić information content (AvgIpc) is 1.31. The Labute approximate surface area is 42.5 Å². The molecular formula is C4H9NO2. The second-order valence-corrected chi connectivity index (χ2v) is 2.43. The highest BCUT2D eigenvalue weighted by molar-refractivity contribution is 4.54. The van der Waals surface area contributed by atoms with Gasteiger partial charge in [0.05, 0.1) is 0 Å². The van der Waals surface area contributed by atoms with Gasteiger partial charge in [-0.1, -0.05) is 0 Å². The van der Waals surface area contributed by atoms with E-state index in [1.54, 1.807) is 20.8 Å². The van der Waals surface area contributed by atoms with Crippen molar-refractivity contribution in [2.24, 2.45) is 0 Å². The fourth-order valence-corrected chi connectivity index (χ4v) is 0. The number of rotatable bonds is 0. The van der Waals surface area contributed by atoms with E-state index >= 15 is 0 Å². The summed E-state index contributed by atoms with van der Waals surface area (Å²) in [7, 11) is 0. The van der Waals surface area contributed by atoms with Crippen molar-refractivity contribution in [2.45, 2.75) is 26.3 Å². The molecule has 0 fully saturated rings. The predicted molar refractivity (Wildman–Crippen MR) is 26.7 cm³/mol. The molecule has 0 aromatic rings. The summed E-state index contributed by atoms with van der Waals surface area (Å²) in [5, 5.41) is 9.83. The first-order valence-electron chi connectivity index (χ1n) is 2.09. The van der Waals surface area contributed by atoms with Crippen LogP contribution in [0, 0.1) is 10.1 Å². The highest BCUT2D eigenvalue weighted by Gasteiger charge is 2.21. The van der Waals surface area contributed by atoms with Gasteiger partial charge in [0.2, 0.25) is 5.54 Å². The molecule has 7 heavy (non-hydrogen) atoms. The molecule has 0 aliphatic heterocycles. The molecule has 0 unspecified atom stereocenters. The van der Waals surface area contributed by atoms with Crippen LogP contribution in [0.15, 0.2) is 0 Å². The van der Waals surface area contributed by atoms with Crippen LogP contribution in [0.25, 0.3) is 0 Å². The van der Waals surface area contributed by atoms with E-state index in [0.717, 1.165) is 0 Å². The smallest absolute Gasteiger partial charge is 0.214 e. The molecule has 0 saturated heterocycles. The van der Waals surface area contributed by atoms with Crippen LogP contribution in [0.5, 0.6) is 0 Å². The van der Waals surface area contributed by atoms with Crippen molar-refractivity contribution in [1.29, 1.82) is 0 Å². The van der Waals surface area contributed by atoms with Crippen LogP contribution >= 0.6 is 0 Å². The lowest BCUT2D eigenvalue weighted by molar-refractivity contribution is -0.555. The number of nitro groups is 1. The standard InChI is InChI=1S/C4H9NO2/c1-4(2,3)5(6)7/h1-3H3/i5+1. The van der Waals surface area contributed by atoms with Crippen molar-refractivity contribution < 1.29 is 4.92 Å². The van der Waals surface area contributed by atoms with Gasteiger partial charge < -0.3 is 0 Å². The van der Waals surface area contributed by atoms with Crippen LogP contribution in [0.1, 0.15) is 20.8 Å². The molecular weight excluding hydrogens is 95.0 g/mol. The Bertz CT molecular complexity index is 82.2. The first-order valence-corrected chi connectivity index (χ1v) is 2.09. The zero-order chi connectivity index (χ0) is 6.08. The minimum Gasteiger partial charge on any atom is -0.264 e. The van der Waals surface area contributed by atoms with Gasteiger partial charge in [-0.3, -0.25) is 10.1 Å². The lowest BCUT2D eigenvalue weighted by atomic mass is 10.2. The Morgan fingerprint density at radius 2 is 1.57 bits per heavy atom. The highest BCUT2D eigenvalue weighted by atomic mass is 16.9. The minimum atomic E-state index is -0.778. The average molecular weight is 104 g/mol. The summed E-state index contributed by atoms with van der Waals surface area (Å²) in [6, 6.07) is 0. The summed E-state index contributed by atoms with van der Waals surface area (Å²) in [4.78, 5) is 9.51. The van der Waals surface area contributed by atoms with Crippen LogP contribution in [-0.2, 0) is 0 Å². The van der Waals surface area contributed by atoms with Gasteiger partial charge in [0.25, 0.3) is 0 Å². The van der Waals surface area contributed by atoms with Gasteiger partial charge in [0.1, 0.15) is 0 Å². The Kier molecular flexibility index (Phi) is 1.35. The van der Waals surface area contributed by atoms with Gasteiger partial charge in [0, 0.05) is 25.7 Å². The summed E-state index contributed by atoms with van der Waals surface area (Å²) < 4.78 is 0. The molecule has 0 radical (unpaired) electrons. The Hall–Kier alpha value is -0.600. The maximum atomic E-state index is 9.83. The third-order valence-corrected chi connectivity index (χ3v) is 0.548. The van der Waals surface area contributed by atoms with Crippen molar-refractivity contribution in [1.82, 2.24) is 0 Å². The molecule has 0 atom stereocenters. The highest BCUT2D eigenvalue weighted by Crippen LogP contribution is 2.02. The van der Waals surface area contributed by atoms with Crippen LogP contribution in [0.3, 0.4) is 0 Å². The topological polar surface area (TPSA) is 43.1 Å². The van der Waals surface area contributed by atoms with E-state index < -0.39 is 5.54 Å². The zero-order valence-corrected chi connectivity index (χ0v) is 4.76. The van der Waals surface area contributed by atoms with Gasteiger partial charge in [-0.15, -0.1) is 0 Å². The summed E-state index contributed by atoms with van der Waals surface area (Å²) in [5.74, 6) is 0. The third-order valence-electron chi connectivity index (χ3n) is 0.548. The molecule has 3 nitrogen and oxygen atoms in total. The van der Waals surface area contributed by atoms with E-state index in [0.29, 0.717) is 0 Å². The normalized spacial score (nSPS) is 11.3. The summed E-state index contributed by atoms with van der Waals surface area (Å²) >= 11 is 0. The van der Waals surface area contributed by atoms with E-state index in [1.165, 1.54) is 0 Å². The van der Waals surface area contributed by atoms with Crippen LogP contribution in [0.2, 0.25) is 0 Å². The third kappa shape index (κ3) is 2.14. The lowest BCUT2D eigenvalue weighted by Crippen LogP contribution is -2.25. The Morgan fingerprint density at radius 3 is 1.57 bits per heavy atom. The zero-order valence-electron chi connectivity index (χ0n) is 4.76. The van der Waals surface area contributed by atoms with Crippen LogP contribution < -0.4 is 0 Å². The van der Waals surface area contributed by atoms with Gasteiger partial charge in [0.15, 0.2) is 0 Å². The molecule has 0 aromatic carbocycles. The molecule has 0 bridgehead atoms. The van der Waals surface area contributed by atoms with Crippen molar-refractivity contribution in [3.8, 4) is 0 Å². The molecule has 0 N–H and O–H groups in total. The molecule has 0 aliphatic rings. The van der Waals surface area contributed by atoms with E-state index in [2.05, 4.69) is 0 Å². The SMILES string of the molecule is CC(C)(C)[15N+](=O)[O-]. The van der Waals surface area contributed by atoms with Crippen molar-refractivity contribution in [3.05, 3.63) is 10.1 Å². The molecule has 0 heterocycles. The van der Waals surface area contributed by atoms with E-state index in [9.17, 15) is 10.1 Å². The quantitative estimate of drug-likeness (QED) is 0.262. The summed E-state index contributed by atoms with van der Waals surface area (Å²) in [5.41, 5.74) is -0.778. The maximum absolute atomic E-state index is 9.83. The largest absolute Gasteiger partial charge is 0.264 e. The molecule has 42 valence electrons. The second kappa shape index (κ2) is 1.48. The second-order valence-electron chi connectivity index (χ2n) is 2.43. The Balaban J connectivity index is 3.79.